The Kier molecular flexibility index (Phi) is 9.54. The van der Waals surface area contributed by atoms with Crippen LogP contribution >= 0.6 is 15.9 Å². The molecule has 0 spiro atoms. The molecule has 9 heteroatoms. The van der Waals surface area contributed by atoms with Gasteiger partial charge < -0.3 is 24.3 Å². The van der Waals surface area contributed by atoms with Crippen LogP contribution in [0.2, 0.25) is 0 Å². The van der Waals surface area contributed by atoms with Crippen LogP contribution in [0.15, 0.2) is 81.9 Å². The predicted octanol–water partition coefficient (Wildman–Crippen LogP) is 4.44. The molecule has 1 N–H and O–H groups in total. The van der Waals surface area contributed by atoms with E-state index in [1.165, 1.54) is 0 Å². The first-order valence-electron chi connectivity index (χ1n) is 12.0. The lowest BCUT2D eigenvalue weighted by atomic mass is 10.2. The van der Waals surface area contributed by atoms with Crippen LogP contribution in [-0.4, -0.2) is 72.6 Å². The van der Waals surface area contributed by atoms with Crippen LogP contribution in [0.1, 0.15) is 11.3 Å². The summed E-state index contributed by atoms with van der Waals surface area (Å²) >= 11 is 3.41. The number of halogens is 1. The number of amides is 3. The zero-order valence-corrected chi connectivity index (χ0v) is 21.7. The van der Waals surface area contributed by atoms with Crippen molar-refractivity contribution in [2.75, 3.05) is 51.3 Å². The van der Waals surface area contributed by atoms with Crippen molar-refractivity contribution < 1.29 is 18.7 Å². The third kappa shape index (κ3) is 7.94. The molecule has 8 nitrogen and oxygen atoms in total. The summed E-state index contributed by atoms with van der Waals surface area (Å²) in [7, 11) is 0. The molecule has 0 aliphatic carbocycles. The normalized spacial score (nSPS) is 13.8. The van der Waals surface area contributed by atoms with Crippen molar-refractivity contribution in [3.05, 3.63) is 88.8 Å². The third-order valence-corrected chi connectivity index (χ3v) is 6.52. The van der Waals surface area contributed by atoms with Crippen molar-refractivity contribution in [3.63, 3.8) is 0 Å². The summed E-state index contributed by atoms with van der Waals surface area (Å²) in [6.07, 6.45) is 1.60. The zero-order chi connectivity index (χ0) is 25.2. The Morgan fingerprint density at radius 1 is 0.917 bits per heavy atom. The number of hydrogen-bond donors (Lipinski definition) is 1. The molecule has 3 aromatic rings. The second-order valence-corrected chi connectivity index (χ2v) is 9.54. The molecule has 1 fully saturated rings. The Balaban J connectivity index is 1.47. The van der Waals surface area contributed by atoms with Gasteiger partial charge in [0.1, 0.15) is 12.3 Å². The number of urea groups is 1. The van der Waals surface area contributed by atoms with Gasteiger partial charge in [0.2, 0.25) is 5.91 Å². The van der Waals surface area contributed by atoms with E-state index in [0.717, 1.165) is 23.1 Å². The minimum absolute atomic E-state index is 0.0414. The fourth-order valence-electron chi connectivity index (χ4n) is 3.97. The number of benzene rings is 2. The Labute approximate surface area is 219 Å². The Morgan fingerprint density at radius 2 is 1.67 bits per heavy atom. The third-order valence-electron chi connectivity index (χ3n) is 5.99. The van der Waals surface area contributed by atoms with Gasteiger partial charge in [-0.05, 0) is 42.0 Å². The highest BCUT2D eigenvalue weighted by Crippen LogP contribution is 2.16. The Hall–Kier alpha value is -3.14. The number of furan rings is 1. The summed E-state index contributed by atoms with van der Waals surface area (Å²) in [5.74, 6) is 0.543. The molecule has 0 bridgehead atoms. The molecule has 0 atom stereocenters. The Bertz CT molecular complexity index is 1090. The van der Waals surface area contributed by atoms with E-state index in [4.69, 9.17) is 9.15 Å². The van der Waals surface area contributed by atoms with E-state index in [9.17, 15) is 9.59 Å². The lowest BCUT2D eigenvalue weighted by Crippen LogP contribution is -2.48. The maximum atomic E-state index is 13.6. The van der Waals surface area contributed by atoms with Gasteiger partial charge in [0, 0.05) is 42.9 Å². The highest BCUT2D eigenvalue weighted by Gasteiger charge is 2.24. The quantitative estimate of drug-likeness (QED) is 0.401. The van der Waals surface area contributed by atoms with E-state index in [1.807, 2.05) is 60.7 Å². The number of rotatable bonds is 10. The molecule has 1 aromatic heterocycles. The maximum absolute atomic E-state index is 13.6. The molecule has 2 heterocycles. The number of ether oxygens (including phenoxy) is 1. The van der Waals surface area contributed by atoms with Gasteiger partial charge in [0.05, 0.1) is 26.0 Å². The van der Waals surface area contributed by atoms with Crippen molar-refractivity contribution in [1.29, 1.82) is 0 Å². The van der Waals surface area contributed by atoms with Gasteiger partial charge in [-0.25, -0.2) is 4.79 Å². The number of morpholine rings is 1. The molecule has 4 rings (SSSR count). The highest BCUT2D eigenvalue weighted by molar-refractivity contribution is 9.10. The van der Waals surface area contributed by atoms with Crippen molar-refractivity contribution >= 4 is 33.6 Å². The molecule has 36 heavy (non-hydrogen) atoms. The number of nitrogens with zero attached hydrogens (tertiary/aromatic N) is 3. The van der Waals surface area contributed by atoms with E-state index in [0.29, 0.717) is 50.8 Å². The molecular formula is C27H31BrN4O4. The van der Waals surface area contributed by atoms with Gasteiger partial charge in [-0.2, -0.15) is 0 Å². The summed E-state index contributed by atoms with van der Waals surface area (Å²) in [6, 6.07) is 20.5. The minimum atomic E-state index is -0.309. The first kappa shape index (κ1) is 25.9. The lowest BCUT2D eigenvalue weighted by Gasteiger charge is -2.31. The van der Waals surface area contributed by atoms with Crippen molar-refractivity contribution in [3.8, 4) is 0 Å². The molecule has 1 saturated heterocycles. The molecule has 0 unspecified atom stereocenters. The number of carbonyl (C=O) groups is 2. The van der Waals surface area contributed by atoms with Crippen molar-refractivity contribution in [1.82, 2.24) is 14.7 Å². The predicted molar refractivity (Wildman–Crippen MR) is 141 cm³/mol. The van der Waals surface area contributed by atoms with Gasteiger partial charge >= 0.3 is 6.03 Å². The largest absolute Gasteiger partial charge is 0.467 e. The standard InChI is InChI=1S/C27H31BrN4O4/c28-23-8-10-24(11-9-23)29-27(34)31(13-12-30-14-17-35-18-15-30)21-26(33)32(20-25-7-4-16-36-25)19-22-5-2-1-3-6-22/h1-11,16H,12-15,17-21H2,(H,29,34). The van der Waals surface area contributed by atoms with Crippen LogP contribution in [0.3, 0.4) is 0 Å². The van der Waals surface area contributed by atoms with Crippen LogP contribution < -0.4 is 5.32 Å². The highest BCUT2D eigenvalue weighted by atomic mass is 79.9. The van der Waals surface area contributed by atoms with Gasteiger partial charge in [-0.3, -0.25) is 9.69 Å². The van der Waals surface area contributed by atoms with Gasteiger partial charge in [-0.15, -0.1) is 0 Å². The fraction of sp³-hybridized carbons (Fsp3) is 0.333. The second-order valence-electron chi connectivity index (χ2n) is 8.63. The zero-order valence-electron chi connectivity index (χ0n) is 20.1. The van der Waals surface area contributed by atoms with Gasteiger partial charge in [0.15, 0.2) is 0 Å². The summed E-state index contributed by atoms with van der Waals surface area (Å²) in [4.78, 5) is 32.4. The molecule has 0 radical (unpaired) electrons. The molecule has 1 aliphatic heterocycles. The minimum Gasteiger partial charge on any atom is -0.467 e. The first-order chi connectivity index (χ1) is 17.6. The lowest BCUT2D eigenvalue weighted by molar-refractivity contribution is -0.133. The molecule has 0 saturated carbocycles. The number of carbonyl (C=O) groups excluding carboxylic acids is 2. The van der Waals surface area contributed by atoms with Crippen LogP contribution in [0, 0.1) is 0 Å². The van der Waals surface area contributed by atoms with Crippen LogP contribution in [-0.2, 0) is 22.6 Å². The van der Waals surface area contributed by atoms with Crippen molar-refractivity contribution in [2.45, 2.75) is 13.1 Å². The van der Waals surface area contributed by atoms with E-state index < -0.39 is 0 Å². The molecule has 1 aliphatic rings. The number of hydrogen-bond acceptors (Lipinski definition) is 5. The smallest absolute Gasteiger partial charge is 0.322 e. The topological polar surface area (TPSA) is 78.3 Å². The number of anilines is 1. The van der Waals surface area contributed by atoms with E-state index in [-0.39, 0.29) is 18.5 Å². The first-order valence-corrected chi connectivity index (χ1v) is 12.8. The summed E-state index contributed by atoms with van der Waals surface area (Å²) in [6.45, 7) is 4.79. The summed E-state index contributed by atoms with van der Waals surface area (Å²) in [5, 5.41) is 2.93. The summed E-state index contributed by atoms with van der Waals surface area (Å²) in [5.41, 5.74) is 1.68. The SMILES string of the molecule is O=C(CN(CCN1CCOCC1)C(=O)Nc1ccc(Br)cc1)N(Cc1ccccc1)Cc1ccco1. The van der Waals surface area contributed by atoms with E-state index in [2.05, 4.69) is 26.1 Å². The van der Waals surface area contributed by atoms with Crippen molar-refractivity contribution in [2.24, 2.45) is 0 Å². The molecule has 3 amide bonds. The van der Waals surface area contributed by atoms with E-state index in [1.54, 1.807) is 22.1 Å². The number of nitrogens with one attached hydrogen (secondary N) is 1. The maximum Gasteiger partial charge on any atom is 0.322 e. The average Bonchev–Trinajstić information content (AvgIpc) is 3.42. The van der Waals surface area contributed by atoms with Crippen LogP contribution in [0.25, 0.3) is 0 Å². The summed E-state index contributed by atoms with van der Waals surface area (Å²) < 4.78 is 11.9. The van der Waals surface area contributed by atoms with Gasteiger partial charge in [-0.1, -0.05) is 46.3 Å². The van der Waals surface area contributed by atoms with Gasteiger partial charge in [0.25, 0.3) is 0 Å². The molecular weight excluding hydrogens is 524 g/mol. The van der Waals surface area contributed by atoms with Crippen LogP contribution in [0.5, 0.6) is 0 Å². The molecule has 190 valence electrons. The second kappa shape index (κ2) is 13.2. The Morgan fingerprint density at radius 3 is 2.36 bits per heavy atom. The monoisotopic (exact) mass is 554 g/mol. The van der Waals surface area contributed by atoms with E-state index >= 15 is 0 Å². The average molecular weight is 555 g/mol. The van der Waals surface area contributed by atoms with Crippen LogP contribution in [0.4, 0.5) is 10.5 Å². The molecule has 2 aromatic carbocycles. The fourth-order valence-corrected chi connectivity index (χ4v) is 4.23.